The Morgan fingerprint density at radius 1 is 1.31 bits per heavy atom. The predicted octanol–water partition coefficient (Wildman–Crippen LogP) is 1.45. The first-order valence-corrected chi connectivity index (χ1v) is 5.58. The summed E-state index contributed by atoms with van der Waals surface area (Å²) in [5, 5.41) is 3.08. The van der Waals surface area contributed by atoms with E-state index in [-0.39, 0.29) is 0 Å². The highest BCUT2D eigenvalue weighted by Gasteiger charge is 2.16. The monoisotopic (exact) mass is 223 g/mol. The van der Waals surface area contributed by atoms with Gasteiger partial charge in [0.05, 0.1) is 6.61 Å². The second-order valence-electron chi connectivity index (χ2n) is 3.59. The molecule has 0 unspecified atom stereocenters. The highest BCUT2D eigenvalue weighted by atomic mass is 16.6. The normalized spacial score (nSPS) is 13.6. The van der Waals surface area contributed by atoms with Gasteiger partial charge in [-0.1, -0.05) is 6.07 Å². The maximum atomic E-state index is 5.66. The van der Waals surface area contributed by atoms with Gasteiger partial charge in [0.2, 0.25) is 5.75 Å². The molecule has 1 heterocycles. The van der Waals surface area contributed by atoms with Gasteiger partial charge in [0.15, 0.2) is 11.5 Å². The molecule has 88 valence electrons. The average molecular weight is 223 g/mol. The van der Waals surface area contributed by atoms with E-state index >= 15 is 0 Å². The first-order valence-electron chi connectivity index (χ1n) is 5.58. The topological polar surface area (TPSA) is 39.7 Å². The largest absolute Gasteiger partial charge is 0.489 e. The number of hydrogen-bond donors (Lipinski definition) is 1. The lowest BCUT2D eigenvalue weighted by atomic mass is 10.3. The predicted molar refractivity (Wildman–Crippen MR) is 61.5 cm³/mol. The fourth-order valence-corrected chi connectivity index (χ4v) is 1.59. The number of ether oxygens (including phenoxy) is 3. The van der Waals surface area contributed by atoms with Crippen LogP contribution in [0.3, 0.4) is 0 Å². The van der Waals surface area contributed by atoms with Crippen LogP contribution in [0, 0.1) is 0 Å². The van der Waals surface area contributed by atoms with Gasteiger partial charge >= 0.3 is 0 Å². The zero-order valence-electron chi connectivity index (χ0n) is 9.49. The number of benzene rings is 1. The van der Waals surface area contributed by atoms with Crippen molar-refractivity contribution in [2.24, 2.45) is 0 Å². The molecule has 0 spiro atoms. The molecule has 0 fully saturated rings. The van der Waals surface area contributed by atoms with Crippen molar-refractivity contribution in [1.82, 2.24) is 5.32 Å². The molecule has 1 N–H and O–H groups in total. The zero-order chi connectivity index (χ0) is 11.2. The van der Waals surface area contributed by atoms with E-state index in [1.165, 1.54) is 0 Å². The average Bonchev–Trinajstić information content (AvgIpc) is 2.35. The maximum Gasteiger partial charge on any atom is 0.203 e. The Kier molecular flexibility index (Phi) is 3.88. The number of para-hydroxylation sites is 1. The number of nitrogens with one attached hydrogen (secondary N) is 1. The summed E-state index contributed by atoms with van der Waals surface area (Å²) < 4.78 is 16.7. The summed E-state index contributed by atoms with van der Waals surface area (Å²) in [5.74, 6) is 2.28. The summed E-state index contributed by atoms with van der Waals surface area (Å²) in [4.78, 5) is 0. The van der Waals surface area contributed by atoms with Crippen LogP contribution in [0.4, 0.5) is 0 Å². The first-order chi connectivity index (χ1) is 7.92. The van der Waals surface area contributed by atoms with E-state index in [4.69, 9.17) is 14.2 Å². The number of fused-ring (bicyclic) bond motifs is 1. The van der Waals surface area contributed by atoms with E-state index < -0.39 is 0 Å². The fraction of sp³-hybridized carbons (Fsp3) is 0.500. The molecule has 4 heteroatoms. The molecule has 1 aromatic carbocycles. The minimum Gasteiger partial charge on any atom is -0.489 e. The quantitative estimate of drug-likeness (QED) is 0.767. The summed E-state index contributed by atoms with van der Waals surface area (Å²) >= 11 is 0. The highest BCUT2D eigenvalue weighted by Crippen LogP contribution is 2.38. The molecule has 0 saturated heterocycles. The molecule has 4 nitrogen and oxygen atoms in total. The van der Waals surface area contributed by atoms with Crippen molar-refractivity contribution in [2.75, 3.05) is 33.4 Å². The SMILES string of the molecule is CNCCCOc1cccc2c1OCCO2. The van der Waals surface area contributed by atoms with Crippen molar-refractivity contribution >= 4 is 0 Å². The molecular weight excluding hydrogens is 206 g/mol. The zero-order valence-corrected chi connectivity index (χ0v) is 9.49. The Balaban J connectivity index is 1.97. The van der Waals surface area contributed by atoms with Gasteiger partial charge in [-0.25, -0.2) is 0 Å². The van der Waals surface area contributed by atoms with E-state index in [1.807, 2.05) is 25.2 Å². The van der Waals surface area contributed by atoms with Gasteiger partial charge in [-0.2, -0.15) is 0 Å². The van der Waals surface area contributed by atoms with Crippen LogP contribution in [0.5, 0.6) is 17.2 Å². The molecule has 0 atom stereocenters. The molecule has 0 bridgehead atoms. The lowest BCUT2D eigenvalue weighted by Gasteiger charge is -2.20. The Bertz CT molecular complexity index is 341. The second-order valence-corrected chi connectivity index (χ2v) is 3.59. The van der Waals surface area contributed by atoms with E-state index in [9.17, 15) is 0 Å². The van der Waals surface area contributed by atoms with Crippen molar-refractivity contribution in [3.63, 3.8) is 0 Å². The lowest BCUT2D eigenvalue weighted by molar-refractivity contribution is 0.161. The molecule has 0 aromatic heterocycles. The van der Waals surface area contributed by atoms with Crippen molar-refractivity contribution in [2.45, 2.75) is 6.42 Å². The van der Waals surface area contributed by atoms with E-state index in [0.29, 0.717) is 19.8 Å². The van der Waals surface area contributed by atoms with Gasteiger partial charge in [-0.05, 0) is 32.1 Å². The van der Waals surface area contributed by atoms with E-state index in [0.717, 1.165) is 30.2 Å². The highest BCUT2D eigenvalue weighted by molar-refractivity contribution is 5.51. The third-order valence-electron chi connectivity index (χ3n) is 2.36. The molecule has 1 aromatic rings. The van der Waals surface area contributed by atoms with Crippen LogP contribution in [-0.4, -0.2) is 33.4 Å². The Morgan fingerprint density at radius 2 is 2.19 bits per heavy atom. The van der Waals surface area contributed by atoms with Crippen LogP contribution in [0.1, 0.15) is 6.42 Å². The van der Waals surface area contributed by atoms with E-state index in [2.05, 4.69) is 5.32 Å². The molecule has 1 aliphatic heterocycles. The molecular formula is C12H17NO3. The van der Waals surface area contributed by atoms with Crippen molar-refractivity contribution in [3.8, 4) is 17.2 Å². The molecule has 0 amide bonds. The molecule has 2 rings (SSSR count). The second kappa shape index (κ2) is 5.61. The van der Waals surface area contributed by atoms with Crippen molar-refractivity contribution in [3.05, 3.63) is 18.2 Å². The van der Waals surface area contributed by atoms with Crippen LogP contribution < -0.4 is 19.5 Å². The molecule has 1 aliphatic rings. The summed E-state index contributed by atoms with van der Waals surface area (Å²) in [6, 6.07) is 5.72. The van der Waals surface area contributed by atoms with Crippen LogP contribution in [0.2, 0.25) is 0 Å². The third kappa shape index (κ3) is 2.58. The fourth-order valence-electron chi connectivity index (χ4n) is 1.59. The van der Waals surface area contributed by atoms with Gasteiger partial charge in [-0.3, -0.25) is 0 Å². The van der Waals surface area contributed by atoms with Gasteiger partial charge in [0.25, 0.3) is 0 Å². The Hall–Kier alpha value is -1.42. The summed E-state index contributed by atoms with van der Waals surface area (Å²) in [5.41, 5.74) is 0. The number of hydrogen-bond acceptors (Lipinski definition) is 4. The summed E-state index contributed by atoms with van der Waals surface area (Å²) in [6.07, 6.45) is 0.973. The number of rotatable bonds is 5. The van der Waals surface area contributed by atoms with Gasteiger partial charge in [0, 0.05) is 0 Å². The molecule has 16 heavy (non-hydrogen) atoms. The maximum absolute atomic E-state index is 5.66. The van der Waals surface area contributed by atoms with Gasteiger partial charge in [-0.15, -0.1) is 0 Å². The van der Waals surface area contributed by atoms with Crippen LogP contribution in [0.15, 0.2) is 18.2 Å². The van der Waals surface area contributed by atoms with Crippen molar-refractivity contribution < 1.29 is 14.2 Å². The van der Waals surface area contributed by atoms with Crippen molar-refractivity contribution in [1.29, 1.82) is 0 Å². The molecule has 0 radical (unpaired) electrons. The van der Waals surface area contributed by atoms with E-state index in [1.54, 1.807) is 0 Å². The Morgan fingerprint density at radius 3 is 3.06 bits per heavy atom. The molecule has 0 aliphatic carbocycles. The summed E-state index contributed by atoms with van der Waals surface area (Å²) in [7, 11) is 1.93. The van der Waals surface area contributed by atoms with Crippen LogP contribution in [0.25, 0.3) is 0 Å². The minimum absolute atomic E-state index is 0.587. The summed E-state index contributed by atoms with van der Waals surface area (Å²) in [6.45, 7) is 2.83. The lowest BCUT2D eigenvalue weighted by Crippen LogP contribution is -2.16. The van der Waals surface area contributed by atoms with Gasteiger partial charge < -0.3 is 19.5 Å². The first kappa shape index (κ1) is 11.1. The molecule has 0 saturated carbocycles. The minimum atomic E-state index is 0.587. The third-order valence-corrected chi connectivity index (χ3v) is 2.36. The van der Waals surface area contributed by atoms with Gasteiger partial charge in [0.1, 0.15) is 13.2 Å². The smallest absolute Gasteiger partial charge is 0.203 e. The van der Waals surface area contributed by atoms with Crippen LogP contribution in [-0.2, 0) is 0 Å². The Labute approximate surface area is 95.5 Å². The van der Waals surface area contributed by atoms with Crippen LogP contribution >= 0.6 is 0 Å². The standard InChI is InChI=1S/C12H17NO3/c1-13-6-3-7-14-10-4-2-5-11-12(10)16-9-8-15-11/h2,4-5,13H,3,6-9H2,1H3.